The molecule has 0 radical (unpaired) electrons. The average Bonchev–Trinajstić information content (AvgIpc) is 2.71. The van der Waals surface area contributed by atoms with Crippen molar-refractivity contribution < 1.29 is 14.3 Å². The smallest absolute Gasteiger partial charge is 0.223 e. The van der Waals surface area contributed by atoms with Crippen LogP contribution >= 0.6 is 11.6 Å². The van der Waals surface area contributed by atoms with Crippen molar-refractivity contribution in [2.24, 2.45) is 0 Å². The first-order valence-electron chi connectivity index (χ1n) is 9.09. The largest absolute Gasteiger partial charge is 0.497 e. The summed E-state index contributed by atoms with van der Waals surface area (Å²) in [6.45, 7) is 2.21. The summed E-state index contributed by atoms with van der Waals surface area (Å²) in [6, 6.07) is 13.4. The Bertz CT molecular complexity index is 797. The number of halogens is 1. The number of amides is 1. The molecule has 1 heterocycles. The molecule has 1 amide bonds. The van der Waals surface area contributed by atoms with E-state index in [-0.39, 0.29) is 11.9 Å². The van der Waals surface area contributed by atoms with Gasteiger partial charge in [-0.05, 0) is 47.9 Å². The van der Waals surface area contributed by atoms with E-state index in [0.29, 0.717) is 24.4 Å². The zero-order chi connectivity index (χ0) is 19.2. The third kappa shape index (κ3) is 4.73. The number of hydrogen-bond acceptors (Lipinski definition) is 4. The summed E-state index contributed by atoms with van der Waals surface area (Å²) in [7, 11) is 3.27. The fourth-order valence-electron chi connectivity index (χ4n) is 3.48. The van der Waals surface area contributed by atoms with Gasteiger partial charge in [-0.1, -0.05) is 23.7 Å². The van der Waals surface area contributed by atoms with Gasteiger partial charge in [0.2, 0.25) is 5.91 Å². The van der Waals surface area contributed by atoms with E-state index in [0.717, 1.165) is 35.7 Å². The highest BCUT2D eigenvalue weighted by Crippen LogP contribution is 2.28. The number of aryl methyl sites for hydroxylation is 1. The lowest BCUT2D eigenvalue weighted by Gasteiger charge is -2.36. The minimum Gasteiger partial charge on any atom is -0.497 e. The number of nitrogens with one attached hydrogen (secondary N) is 1. The molecule has 1 aliphatic heterocycles. The Labute approximate surface area is 165 Å². The molecule has 0 aliphatic carbocycles. The van der Waals surface area contributed by atoms with Gasteiger partial charge in [-0.25, -0.2) is 0 Å². The van der Waals surface area contributed by atoms with Crippen LogP contribution in [0.5, 0.6) is 11.5 Å². The molecule has 3 rings (SSSR count). The molecule has 0 bridgehead atoms. The molecule has 5 nitrogen and oxygen atoms in total. The molecule has 1 unspecified atom stereocenters. The quantitative estimate of drug-likeness (QED) is 0.823. The molecular weight excluding hydrogens is 364 g/mol. The summed E-state index contributed by atoms with van der Waals surface area (Å²) in [5, 5.41) is 4.06. The Morgan fingerprint density at radius 2 is 2.07 bits per heavy atom. The molecule has 27 heavy (non-hydrogen) atoms. The van der Waals surface area contributed by atoms with Crippen LogP contribution in [0.15, 0.2) is 42.5 Å². The molecule has 2 aromatic rings. The Balaban J connectivity index is 1.72. The van der Waals surface area contributed by atoms with E-state index in [1.807, 2.05) is 47.4 Å². The highest BCUT2D eigenvalue weighted by Gasteiger charge is 2.27. The lowest BCUT2D eigenvalue weighted by atomic mass is 10.0. The number of rotatable bonds is 6. The number of piperazine rings is 1. The number of hydrogen-bond donors (Lipinski definition) is 1. The number of carbonyl (C=O) groups excluding carboxylic acids is 1. The first kappa shape index (κ1) is 19.5. The Hall–Kier alpha value is -2.24. The highest BCUT2D eigenvalue weighted by atomic mass is 35.5. The fraction of sp³-hybridized carbons (Fsp3) is 0.381. The molecule has 6 heteroatoms. The van der Waals surface area contributed by atoms with E-state index in [4.69, 9.17) is 21.1 Å². The van der Waals surface area contributed by atoms with Crippen LogP contribution in [0.25, 0.3) is 0 Å². The van der Waals surface area contributed by atoms with Crippen molar-refractivity contribution in [3.63, 3.8) is 0 Å². The Morgan fingerprint density at radius 3 is 2.81 bits per heavy atom. The van der Waals surface area contributed by atoms with Crippen LogP contribution in [-0.2, 0) is 11.2 Å². The predicted octanol–water partition coefficient (Wildman–Crippen LogP) is 3.46. The van der Waals surface area contributed by atoms with E-state index in [1.54, 1.807) is 14.2 Å². The van der Waals surface area contributed by atoms with Gasteiger partial charge >= 0.3 is 0 Å². The van der Waals surface area contributed by atoms with Crippen molar-refractivity contribution in [1.82, 2.24) is 10.2 Å². The summed E-state index contributed by atoms with van der Waals surface area (Å²) in [4.78, 5) is 14.9. The monoisotopic (exact) mass is 388 g/mol. The van der Waals surface area contributed by atoms with Crippen LogP contribution in [-0.4, -0.2) is 44.7 Å². The van der Waals surface area contributed by atoms with Crippen molar-refractivity contribution in [2.45, 2.75) is 18.9 Å². The third-order valence-electron chi connectivity index (χ3n) is 4.89. The maximum absolute atomic E-state index is 13.0. The van der Waals surface area contributed by atoms with Crippen LogP contribution in [0.3, 0.4) is 0 Å². The molecule has 1 fully saturated rings. The van der Waals surface area contributed by atoms with Gasteiger partial charge in [-0.2, -0.15) is 0 Å². The fourth-order valence-corrected chi connectivity index (χ4v) is 3.68. The average molecular weight is 389 g/mol. The number of carbonyl (C=O) groups is 1. The van der Waals surface area contributed by atoms with Gasteiger partial charge < -0.3 is 19.7 Å². The van der Waals surface area contributed by atoms with Crippen molar-refractivity contribution in [1.29, 1.82) is 0 Å². The number of benzene rings is 2. The predicted molar refractivity (Wildman–Crippen MR) is 107 cm³/mol. The van der Waals surface area contributed by atoms with Gasteiger partial charge in [0.25, 0.3) is 0 Å². The van der Waals surface area contributed by atoms with Gasteiger partial charge in [0.15, 0.2) is 0 Å². The van der Waals surface area contributed by atoms with E-state index in [9.17, 15) is 4.79 Å². The Morgan fingerprint density at radius 1 is 1.22 bits per heavy atom. The molecule has 0 spiro atoms. The van der Waals surface area contributed by atoms with Gasteiger partial charge in [-0.15, -0.1) is 0 Å². The van der Waals surface area contributed by atoms with Gasteiger partial charge in [0, 0.05) is 31.1 Å². The van der Waals surface area contributed by atoms with E-state index in [2.05, 4.69) is 5.32 Å². The first-order valence-corrected chi connectivity index (χ1v) is 9.46. The molecule has 0 aromatic heterocycles. The van der Waals surface area contributed by atoms with Gasteiger partial charge in [-0.3, -0.25) is 4.79 Å². The molecule has 0 saturated carbocycles. The second-order valence-corrected chi connectivity index (χ2v) is 6.98. The van der Waals surface area contributed by atoms with E-state index < -0.39 is 0 Å². The van der Waals surface area contributed by atoms with Crippen LogP contribution in [0.4, 0.5) is 0 Å². The van der Waals surface area contributed by atoms with Crippen molar-refractivity contribution in [2.75, 3.05) is 33.9 Å². The maximum atomic E-state index is 13.0. The summed E-state index contributed by atoms with van der Waals surface area (Å²) in [5.74, 6) is 1.67. The van der Waals surface area contributed by atoms with Crippen LogP contribution < -0.4 is 14.8 Å². The molecule has 1 saturated heterocycles. The minimum atomic E-state index is -0.00263. The Kier molecular flexibility index (Phi) is 6.58. The standard InChI is InChI=1S/C21H25ClN2O3/c1-26-18-7-8-20(27-2)16(13-18)6-9-21(25)24-11-10-23-14-19(24)15-4-3-5-17(22)12-15/h3-5,7-8,12-13,19,23H,6,9-11,14H2,1-2H3. The summed E-state index contributed by atoms with van der Waals surface area (Å²) >= 11 is 6.14. The maximum Gasteiger partial charge on any atom is 0.223 e. The number of nitrogens with zero attached hydrogens (tertiary/aromatic N) is 1. The molecule has 2 aromatic carbocycles. The topological polar surface area (TPSA) is 50.8 Å². The molecule has 144 valence electrons. The van der Waals surface area contributed by atoms with Crippen molar-refractivity contribution in [3.8, 4) is 11.5 Å². The molecule has 1 aliphatic rings. The second-order valence-electron chi connectivity index (χ2n) is 6.54. The minimum absolute atomic E-state index is 0.00263. The lowest BCUT2D eigenvalue weighted by molar-refractivity contribution is -0.134. The molecule has 1 atom stereocenters. The first-order chi connectivity index (χ1) is 13.1. The summed E-state index contributed by atoms with van der Waals surface area (Å²) < 4.78 is 10.7. The third-order valence-corrected chi connectivity index (χ3v) is 5.13. The normalized spacial score (nSPS) is 16.9. The van der Waals surface area contributed by atoms with E-state index in [1.165, 1.54) is 0 Å². The molecular formula is C21H25ClN2O3. The van der Waals surface area contributed by atoms with Crippen LogP contribution in [0.2, 0.25) is 5.02 Å². The number of methoxy groups -OCH3 is 2. The van der Waals surface area contributed by atoms with Gasteiger partial charge in [0.05, 0.1) is 20.3 Å². The number of ether oxygens (including phenoxy) is 2. The van der Waals surface area contributed by atoms with Crippen LogP contribution in [0.1, 0.15) is 23.6 Å². The van der Waals surface area contributed by atoms with Crippen LogP contribution in [0, 0.1) is 0 Å². The van der Waals surface area contributed by atoms with Gasteiger partial charge in [0.1, 0.15) is 11.5 Å². The highest BCUT2D eigenvalue weighted by molar-refractivity contribution is 6.30. The van der Waals surface area contributed by atoms with Crippen molar-refractivity contribution in [3.05, 3.63) is 58.6 Å². The lowest BCUT2D eigenvalue weighted by Crippen LogP contribution is -2.48. The zero-order valence-corrected chi connectivity index (χ0v) is 16.5. The van der Waals surface area contributed by atoms with Crippen molar-refractivity contribution >= 4 is 17.5 Å². The summed E-state index contributed by atoms with van der Waals surface area (Å²) in [6.07, 6.45) is 1.02. The second kappa shape index (κ2) is 9.11. The zero-order valence-electron chi connectivity index (χ0n) is 15.7. The molecule has 1 N–H and O–H groups in total. The SMILES string of the molecule is COc1ccc(OC)c(CCC(=O)N2CCNCC2c2cccc(Cl)c2)c1. The summed E-state index contributed by atoms with van der Waals surface area (Å²) in [5.41, 5.74) is 2.03. The van der Waals surface area contributed by atoms with E-state index >= 15 is 0 Å².